The number of hydrogen-bond donors (Lipinski definition) is 0. The third-order valence-electron chi connectivity index (χ3n) is 3.19. The Morgan fingerprint density at radius 2 is 1.57 bits per heavy atom. The van der Waals surface area contributed by atoms with Crippen LogP contribution in [0.5, 0.6) is 17.2 Å². The van der Waals surface area contributed by atoms with E-state index >= 15 is 0 Å². The molecule has 0 radical (unpaired) electrons. The molecule has 0 bridgehead atoms. The SMILES string of the molecule is COc1cc(-c2cccnc2N(C)C)cc(OC)c1OC. The predicted octanol–water partition coefficient (Wildman–Crippen LogP) is 2.84. The van der Waals surface area contributed by atoms with Gasteiger partial charge in [-0.1, -0.05) is 0 Å². The lowest BCUT2D eigenvalue weighted by Gasteiger charge is -2.18. The fourth-order valence-corrected chi connectivity index (χ4v) is 2.22. The van der Waals surface area contributed by atoms with Crippen molar-refractivity contribution in [2.45, 2.75) is 0 Å². The third kappa shape index (κ3) is 2.86. The van der Waals surface area contributed by atoms with Gasteiger partial charge in [-0.25, -0.2) is 4.98 Å². The Kier molecular flexibility index (Phi) is 4.52. The van der Waals surface area contributed by atoms with Crippen LogP contribution in [0.4, 0.5) is 5.82 Å². The number of rotatable bonds is 5. The Morgan fingerprint density at radius 1 is 0.952 bits per heavy atom. The van der Waals surface area contributed by atoms with Gasteiger partial charge in [0.05, 0.1) is 21.3 Å². The summed E-state index contributed by atoms with van der Waals surface area (Å²) in [4.78, 5) is 6.39. The number of ether oxygens (including phenoxy) is 3. The summed E-state index contributed by atoms with van der Waals surface area (Å²) >= 11 is 0. The van der Waals surface area contributed by atoms with Crippen molar-refractivity contribution in [1.82, 2.24) is 4.98 Å². The summed E-state index contributed by atoms with van der Waals surface area (Å²) in [6, 6.07) is 7.77. The van der Waals surface area contributed by atoms with Crippen LogP contribution in [0.15, 0.2) is 30.5 Å². The van der Waals surface area contributed by atoms with Gasteiger partial charge in [0.25, 0.3) is 0 Å². The molecule has 5 nitrogen and oxygen atoms in total. The highest BCUT2D eigenvalue weighted by atomic mass is 16.5. The molecule has 2 rings (SSSR count). The summed E-state index contributed by atoms with van der Waals surface area (Å²) in [5, 5.41) is 0. The molecule has 0 aliphatic carbocycles. The quantitative estimate of drug-likeness (QED) is 0.846. The molecule has 0 saturated heterocycles. The maximum Gasteiger partial charge on any atom is 0.203 e. The Balaban J connectivity index is 2.65. The van der Waals surface area contributed by atoms with Crippen molar-refractivity contribution in [3.05, 3.63) is 30.5 Å². The first-order chi connectivity index (χ1) is 10.1. The van der Waals surface area contributed by atoms with Crippen molar-refractivity contribution >= 4 is 5.82 Å². The molecule has 0 fully saturated rings. The Morgan fingerprint density at radius 3 is 2.05 bits per heavy atom. The van der Waals surface area contributed by atoms with Crippen molar-refractivity contribution in [2.75, 3.05) is 40.3 Å². The van der Waals surface area contributed by atoms with E-state index in [4.69, 9.17) is 14.2 Å². The smallest absolute Gasteiger partial charge is 0.203 e. The number of aromatic nitrogens is 1. The fourth-order valence-electron chi connectivity index (χ4n) is 2.22. The second-order valence-electron chi connectivity index (χ2n) is 4.68. The van der Waals surface area contributed by atoms with E-state index in [0.29, 0.717) is 17.2 Å². The highest BCUT2D eigenvalue weighted by Crippen LogP contribution is 2.42. The minimum Gasteiger partial charge on any atom is -0.493 e. The first-order valence-corrected chi connectivity index (χ1v) is 6.55. The summed E-state index contributed by atoms with van der Waals surface area (Å²) in [5.41, 5.74) is 1.96. The number of hydrogen-bond acceptors (Lipinski definition) is 5. The van der Waals surface area contributed by atoms with E-state index in [1.807, 2.05) is 43.3 Å². The van der Waals surface area contributed by atoms with E-state index in [2.05, 4.69) is 4.98 Å². The lowest BCUT2D eigenvalue weighted by molar-refractivity contribution is 0.324. The maximum atomic E-state index is 5.40. The molecule has 0 amide bonds. The van der Waals surface area contributed by atoms with Gasteiger partial charge in [-0.15, -0.1) is 0 Å². The zero-order valence-corrected chi connectivity index (χ0v) is 13.0. The van der Waals surface area contributed by atoms with E-state index in [1.165, 1.54) is 0 Å². The minimum atomic E-state index is 0.582. The van der Waals surface area contributed by atoms with Crippen molar-refractivity contribution in [2.24, 2.45) is 0 Å². The highest BCUT2D eigenvalue weighted by molar-refractivity contribution is 5.79. The van der Waals surface area contributed by atoms with Crippen LogP contribution in [0.1, 0.15) is 0 Å². The normalized spacial score (nSPS) is 10.1. The molecule has 112 valence electrons. The van der Waals surface area contributed by atoms with E-state index < -0.39 is 0 Å². The molecule has 1 aromatic carbocycles. The molecule has 0 spiro atoms. The molecule has 5 heteroatoms. The Labute approximate surface area is 125 Å². The van der Waals surface area contributed by atoms with E-state index in [1.54, 1.807) is 27.5 Å². The summed E-state index contributed by atoms with van der Waals surface area (Å²) in [7, 11) is 8.73. The van der Waals surface area contributed by atoms with Crippen LogP contribution in [-0.4, -0.2) is 40.4 Å². The highest BCUT2D eigenvalue weighted by Gasteiger charge is 2.16. The summed E-state index contributed by atoms with van der Waals surface area (Å²) in [5.74, 6) is 2.71. The molecule has 0 N–H and O–H groups in total. The zero-order valence-electron chi connectivity index (χ0n) is 13.0. The van der Waals surface area contributed by atoms with Gasteiger partial charge >= 0.3 is 0 Å². The van der Waals surface area contributed by atoms with Gasteiger partial charge in [-0.05, 0) is 29.8 Å². The largest absolute Gasteiger partial charge is 0.493 e. The molecule has 0 aliphatic rings. The van der Waals surface area contributed by atoms with Crippen LogP contribution in [0.25, 0.3) is 11.1 Å². The van der Waals surface area contributed by atoms with Gasteiger partial charge in [0, 0.05) is 25.9 Å². The van der Waals surface area contributed by atoms with Crippen molar-refractivity contribution < 1.29 is 14.2 Å². The van der Waals surface area contributed by atoms with Gasteiger partial charge in [0.15, 0.2) is 11.5 Å². The maximum absolute atomic E-state index is 5.40. The molecule has 0 unspecified atom stereocenters. The van der Waals surface area contributed by atoms with E-state index in [0.717, 1.165) is 16.9 Å². The van der Waals surface area contributed by atoms with Gasteiger partial charge < -0.3 is 19.1 Å². The standard InChI is InChI=1S/C16H20N2O3/c1-18(2)16-12(7-6-8-17-16)11-9-13(19-3)15(21-5)14(10-11)20-4/h6-10H,1-5H3. The first-order valence-electron chi connectivity index (χ1n) is 6.55. The van der Waals surface area contributed by atoms with E-state index in [-0.39, 0.29) is 0 Å². The number of nitrogens with zero attached hydrogens (tertiary/aromatic N) is 2. The molecule has 0 aliphatic heterocycles. The topological polar surface area (TPSA) is 43.8 Å². The number of methoxy groups -OCH3 is 3. The zero-order chi connectivity index (χ0) is 15.4. The number of benzene rings is 1. The first kappa shape index (κ1) is 15.0. The van der Waals surface area contributed by atoms with Gasteiger partial charge in [0.2, 0.25) is 5.75 Å². The van der Waals surface area contributed by atoms with Crippen LogP contribution in [0, 0.1) is 0 Å². The van der Waals surface area contributed by atoms with Crippen LogP contribution in [-0.2, 0) is 0 Å². The predicted molar refractivity (Wildman–Crippen MR) is 83.7 cm³/mol. The van der Waals surface area contributed by atoms with Crippen molar-refractivity contribution in [3.8, 4) is 28.4 Å². The Hall–Kier alpha value is -2.43. The molecular formula is C16H20N2O3. The van der Waals surface area contributed by atoms with Gasteiger partial charge in [-0.3, -0.25) is 0 Å². The summed E-state index contributed by atoms with van der Waals surface area (Å²) in [6.45, 7) is 0. The Bertz CT molecular complexity index is 602. The molecule has 0 saturated carbocycles. The van der Waals surface area contributed by atoms with Crippen molar-refractivity contribution in [1.29, 1.82) is 0 Å². The second-order valence-corrected chi connectivity index (χ2v) is 4.68. The molecule has 21 heavy (non-hydrogen) atoms. The van der Waals surface area contributed by atoms with Crippen LogP contribution >= 0.6 is 0 Å². The summed E-state index contributed by atoms with van der Waals surface area (Å²) in [6.07, 6.45) is 1.77. The lowest BCUT2D eigenvalue weighted by Crippen LogP contribution is -2.11. The number of anilines is 1. The fraction of sp³-hybridized carbons (Fsp3) is 0.312. The van der Waals surface area contributed by atoms with Crippen LogP contribution in [0.2, 0.25) is 0 Å². The average Bonchev–Trinajstić information content (AvgIpc) is 2.53. The van der Waals surface area contributed by atoms with Gasteiger partial charge in [-0.2, -0.15) is 0 Å². The van der Waals surface area contributed by atoms with Crippen LogP contribution in [0.3, 0.4) is 0 Å². The third-order valence-corrected chi connectivity index (χ3v) is 3.19. The molecular weight excluding hydrogens is 268 g/mol. The average molecular weight is 288 g/mol. The van der Waals surface area contributed by atoms with Gasteiger partial charge in [0.1, 0.15) is 5.82 Å². The van der Waals surface area contributed by atoms with E-state index in [9.17, 15) is 0 Å². The molecule has 1 heterocycles. The molecule has 2 aromatic rings. The number of pyridine rings is 1. The lowest BCUT2D eigenvalue weighted by atomic mass is 10.0. The molecule has 0 atom stereocenters. The second kappa shape index (κ2) is 6.35. The van der Waals surface area contributed by atoms with Crippen molar-refractivity contribution in [3.63, 3.8) is 0 Å². The summed E-state index contributed by atoms with van der Waals surface area (Å²) < 4.78 is 16.2. The minimum absolute atomic E-state index is 0.582. The van der Waals surface area contributed by atoms with Crippen LogP contribution < -0.4 is 19.1 Å². The molecule has 1 aromatic heterocycles. The monoisotopic (exact) mass is 288 g/mol.